The van der Waals surface area contributed by atoms with Crippen LogP contribution in [0.3, 0.4) is 0 Å². The number of anilines is 2. The van der Waals surface area contributed by atoms with E-state index in [0.717, 1.165) is 4.90 Å². The van der Waals surface area contributed by atoms with Gasteiger partial charge in [-0.05, 0) is 61.7 Å². The third kappa shape index (κ3) is 5.78. The molecule has 0 unspecified atom stereocenters. The average Bonchev–Trinajstić information content (AvgIpc) is 3.02. The second kappa shape index (κ2) is 10.9. The molecule has 0 aromatic heterocycles. The fraction of sp³-hybridized carbons (Fsp3) is 0.360. The molecule has 0 aliphatic carbocycles. The van der Waals surface area contributed by atoms with Crippen LogP contribution in [0.15, 0.2) is 48.5 Å². The Kier molecular flexibility index (Phi) is 7.99. The van der Waals surface area contributed by atoms with E-state index in [1.165, 1.54) is 35.2 Å². The van der Waals surface area contributed by atoms with Gasteiger partial charge in [0.05, 0.1) is 24.3 Å². The fourth-order valence-corrected chi connectivity index (χ4v) is 3.64. The maximum atomic E-state index is 13.4. The predicted octanol–water partition coefficient (Wildman–Crippen LogP) is 4.21. The maximum Gasteiger partial charge on any atom is 0.338 e. The SMILES string of the molecule is CCOC(=O)c1cccc(NC(=O)C[C@H]2C(=O)N(c3ccc(F)cc3)C(=O)N2CCC(C)C)c1. The molecule has 2 aromatic rings. The van der Waals surface area contributed by atoms with Crippen LogP contribution < -0.4 is 10.2 Å². The standard InChI is InChI=1S/C25H28FN3O5/c1-4-34-24(32)17-6-5-7-19(14-17)27-22(30)15-21-23(31)29(20-10-8-18(26)9-11-20)25(33)28(21)13-12-16(2)3/h5-11,14,16,21H,4,12-13,15H2,1-3H3,(H,27,30)/t21-/m0/s1. The van der Waals surface area contributed by atoms with E-state index in [2.05, 4.69) is 5.32 Å². The number of carbonyl (C=O) groups excluding carboxylic acids is 4. The molecule has 34 heavy (non-hydrogen) atoms. The van der Waals surface area contributed by atoms with Gasteiger partial charge < -0.3 is 15.0 Å². The molecular formula is C25H28FN3O5. The van der Waals surface area contributed by atoms with Crippen molar-refractivity contribution in [2.24, 2.45) is 5.92 Å². The highest BCUT2D eigenvalue weighted by atomic mass is 19.1. The van der Waals surface area contributed by atoms with Crippen LogP contribution in [0.2, 0.25) is 0 Å². The number of rotatable bonds is 9. The monoisotopic (exact) mass is 469 g/mol. The average molecular weight is 470 g/mol. The number of ether oxygens (including phenoxy) is 1. The van der Waals surface area contributed by atoms with Crippen LogP contribution in [0.1, 0.15) is 44.0 Å². The topological polar surface area (TPSA) is 96.0 Å². The number of esters is 1. The Morgan fingerprint density at radius 2 is 1.82 bits per heavy atom. The number of hydrogen-bond donors (Lipinski definition) is 1. The first-order valence-electron chi connectivity index (χ1n) is 11.2. The molecular weight excluding hydrogens is 441 g/mol. The Hall–Kier alpha value is -3.75. The third-order valence-electron chi connectivity index (χ3n) is 5.39. The van der Waals surface area contributed by atoms with E-state index < -0.39 is 35.7 Å². The van der Waals surface area contributed by atoms with E-state index in [9.17, 15) is 23.6 Å². The van der Waals surface area contributed by atoms with Crippen LogP contribution in [-0.2, 0) is 14.3 Å². The van der Waals surface area contributed by atoms with Crippen LogP contribution in [-0.4, -0.2) is 47.9 Å². The zero-order valence-electron chi connectivity index (χ0n) is 19.4. The number of hydrogen-bond acceptors (Lipinski definition) is 5. The molecule has 2 aromatic carbocycles. The smallest absolute Gasteiger partial charge is 0.338 e. The molecule has 0 saturated carbocycles. The Balaban J connectivity index is 1.78. The summed E-state index contributed by atoms with van der Waals surface area (Å²) in [5, 5.41) is 2.68. The van der Waals surface area contributed by atoms with Gasteiger partial charge in [-0.1, -0.05) is 19.9 Å². The molecule has 8 nitrogen and oxygen atoms in total. The molecule has 1 heterocycles. The lowest BCUT2D eigenvalue weighted by molar-refractivity contribution is -0.124. The van der Waals surface area contributed by atoms with Crippen molar-refractivity contribution in [3.63, 3.8) is 0 Å². The first-order valence-corrected chi connectivity index (χ1v) is 11.2. The highest BCUT2D eigenvalue weighted by Crippen LogP contribution is 2.28. The van der Waals surface area contributed by atoms with E-state index in [1.807, 2.05) is 13.8 Å². The Bertz CT molecular complexity index is 1070. The number of halogens is 1. The van der Waals surface area contributed by atoms with Crippen molar-refractivity contribution in [3.05, 3.63) is 59.9 Å². The van der Waals surface area contributed by atoms with Gasteiger partial charge >= 0.3 is 12.0 Å². The zero-order chi connectivity index (χ0) is 24.8. The number of carbonyl (C=O) groups is 4. The summed E-state index contributed by atoms with van der Waals surface area (Å²) in [5.74, 6) is -1.74. The summed E-state index contributed by atoms with van der Waals surface area (Å²) in [6, 6.07) is 9.80. The number of benzene rings is 2. The van der Waals surface area contributed by atoms with Crippen LogP contribution in [0.5, 0.6) is 0 Å². The van der Waals surface area contributed by atoms with Crippen LogP contribution in [0, 0.1) is 11.7 Å². The molecule has 1 atom stereocenters. The minimum absolute atomic E-state index is 0.226. The lowest BCUT2D eigenvalue weighted by atomic mass is 10.1. The van der Waals surface area contributed by atoms with Gasteiger partial charge in [-0.15, -0.1) is 0 Å². The van der Waals surface area contributed by atoms with Crippen molar-refractivity contribution >= 4 is 35.2 Å². The molecule has 1 aliphatic heterocycles. The minimum Gasteiger partial charge on any atom is -0.462 e. The second-order valence-corrected chi connectivity index (χ2v) is 8.38. The molecule has 0 spiro atoms. The molecule has 0 bridgehead atoms. The van der Waals surface area contributed by atoms with Gasteiger partial charge in [-0.25, -0.2) is 18.9 Å². The van der Waals surface area contributed by atoms with Gasteiger partial charge in [-0.3, -0.25) is 9.59 Å². The Labute approximate surface area is 197 Å². The molecule has 9 heteroatoms. The van der Waals surface area contributed by atoms with Crippen molar-refractivity contribution in [1.82, 2.24) is 4.90 Å². The van der Waals surface area contributed by atoms with Crippen molar-refractivity contribution in [2.45, 2.75) is 39.7 Å². The molecule has 0 radical (unpaired) electrons. The summed E-state index contributed by atoms with van der Waals surface area (Å²) in [4.78, 5) is 53.4. The van der Waals surface area contributed by atoms with Gasteiger partial charge in [-0.2, -0.15) is 0 Å². The maximum absolute atomic E-state index is 13.4. The number of nitrogens with zero attached hydrogens (tertiary/aromatic N) is 2. The molecule has 180 valence electrons. The largest absolute Gasteiger partial charge is 0.462 e. The number of urea groups is 1. The zero-order valence-corrected chi connectivity index (χ0v) is 19.4. The number of imide groups is 1. The van der Waals surface area contributed by atoms with E-state index in [1.54, 1.807) is 25.1 Å². The lowest BCUT2D eigenvalue weighted by Crippen LogP contribution is -2.39. The van der Waals surface area contributed by atoms with Crippen molar-refractivity contribution in [1.29, 1.82) is 0 Å². The lowest BCUT2D eigenvalue weighted by Gasteiger charge is -2.22. The second-order valence-electron chi connectivity index (χ2n) is 8.38. The quantitative estimate of drug-likeness (QED) is 0.438. The molecule has 1 saturated heterocycles. The summed E-state index contributed by atoms with van der Waals surface area (Å²) in [7, 11) is 0. The highest BCUT2D eigenvalue weighted by Gasteiger charge is 2.46. The van der Waals surface area contributed by atoms with Gasteiger partial charge in [0.25, 0.3) is 5.91 Å². The number of nitrogens with one attached hydrogen (secondary N) is 1. The molecule has 1 aliphatic rings. The normalized spacial score (nSPS) is 15.7. The third-order valence-corrected chi connectivity index (χ3v) is 5.39. The first kappa shape index (κ1) is 24.9. The van der Waals surface area contributed by atoms with Crippen LogP contribution >= 0.6 is 0 Å². The molecule has 4 amide bonds. The van der Waals surface area contributed by atoms with Crippen molar-refractivity contribution in [2.75, 3.05) is 23.4 Å². The van der Waals surface area contributed by atoms with E-state index in [0.29, 0.717) is 18.7 Å². The summed E-state index contributed by atoms with van der Waals surface area (Å²) in [6.07, 6.45) is 0.389. The fourth-order valence-electron chi connectivity index (χ4n) is 3.64. The predicted molar refractivity (Wildman–Crippen MR) is 125 cm³/mol. The van der Waals surface area contributed by atoms with Gasteiger partial charge in [0.15, 0.2) is 0 Å². The summed E-state index contributed by atoms with van der Waals surface area (Å²) in [6.45, 7) is 6.22. The van der Waals surface area contributed by atoms with Crippen molar-refractivity contribution < 1.29 is 28.3 Å². The molecule has 1 N–H and O–H groups in total. The summed E-state index contributed by atoms with van der Waals surface area (Å²) >= 11 is 0. The number of amides is 4. The van der Waals surface area contributed by atoms with Crippen molar-refractivity contribution in [3.8, 4) is 0 Å². The summed E-state index contributed by atoms with van der Waals surface area (Å²) < 4.78 is 18.3. The Morgan fingerprint density at radius 3 is 2.47 bits per heavy atom. The van der Waals surface area contributed by atoms with Crippen LogP contribution in [0.4, 0.5) is 20.6 Å². The van der Waals surface area contributed by atoms with Gasteiger partial charge in [0, 0.05) is 12.2 Å². The Morgan fingerprint density at radius 1 is 1.12 bits per heavy atom. The van der Waals surface area contributed by atoms with E-state index in [-0.39, 0.29) is 30.2 Å². The summed E-state index contributed by atoms with van der Waals surface area (Å²) in [5.41, 5.74) is 0.903. The van der Waals surface area contributed by atoms with Gasteiger partial charge in [0.2, 0.25) is 5.91 Å². The van der Waals surface area contributed by atoms with Crippen LogP contribution in [0.25, 0.3) is 0 Å². The van der Waals surface area contributed by atoms with Gasteiger partial charge in [0.1, 0.15) is 11.9 Å². The minimum atomic E-state index is -0.996. The molecule has 3 rings (SSSR count). The molecule has 1 fully saturated rings. The van der Waals surface area contributed by atoms with E-state index >= 15 is 0 Å². The first-order chi connectivity index (χ1) is 16.2. The van der Waals surface area contributed by atoms with E-state index in [4.69, 9.17) is 4.74 Å². The highest BCUT2D eigenvalue weighted by molar-refractivity contribution is 6.22.